The molecule has 6 N–H and O–H groups in total. The lowest BCUT2D eigenvalue weighted by Gasteiger charge is -2.22. The SMILES string of the molecule is O=C(Nc1cccc(COCCOCCCCCCNC[C@H](O)c2ccc(O)c(CO)c2)c1)NC1CCCCC1. The van der Waals surface area contributed by atoms with Crippen LogP contribution >= 0.6 is 0 Å². The largest absolute Gasteiger partial charge is 0.508 e. The van der Waals surface area contributed by atoms with Crippen LogP contribution in [0.2, 0.25) is 0 Å². The number of carbonyl (C=O) groups excluding carboxylic acids is 1. The second kappa shape index (κ2) is 18.6. The van der Waals surface area contributed by atoms with Crippen molar-refractivity contribution in [2.45, 2.75) is 83.1 Å². The van der Waals surface area contributed by atoms with Gasteiger partial charge in [0.2, 0.25) is 0 Å². The molecule has 1 aliphatic rings. The molecular formula is C31H47N3O6. The van der Waals surface area contributed by atoms with Crippen LogP contribution in [0.3, 0.4) is 0 Å². The minimum atomic E-state index is -0.681. The van der Waals surface area contributed by atoms with Gasteiger partial charge in [0, 0.05) is 30.4 Å². The monoisotopic (exact) mass is 557 g/mol. The van der Waals surface area contributed by atoms with E-state index in [2.05, 4.69) is 16.0 Å². The molecule has 0 saturated heterocycles. The van der Waals surface area contributed by atoms with Crippen molar-refractivity contribution in [3.05, 3.63) is 59.2 Å². The molecule has 3 rings (SSSR count). The van der Waals surface area contributed by atoms with Crippen LogP contribution in [0.15, 0.2) is 42.5 Å². The minimum absolute atomic E-state index is 0.0364. The van der Waals surface area contributed by atoms with Crippen molar-refractivity contribution in [1.82, 2.24) is 10.6 Å². The van der Waals surface area contributed by atoms with Crippen LogP contribution in [0.4, 0.5) is 10.5 Å². The minimum Gasteiger partial charge on any atom is -0.508 e. The number of aliphatic hydroxyl groups is 2. The molecule has 222 valence electrons. The molecule has 2 amide bonds. The first-order valence-corrected chi connectivity index (χ1v) is 14.7. The Hall–Kier alpha value is -2.69. The van der Waals surface area contributed by atoms with Crippen LogP contribution in [0, 0.1) is 0 Å². The van der Waals surface area contributed by atoms with Crippen LogP contribution in [-0.4, -0.2) is 60.3 Å². The van der Waals surface area contributed by atoms with Gasteiger partial charge in [-0.3, -0.25) is 0 Å². The number of ether oxygens (including phenoxy) is 2. The molecule has 0 spiro atoms. The zero-order chi connectivity index (χ0) is 28.4. The van der Waals surface area contributed by atoms with Gasteiger partial charge in [0.15, 0.2) is 0 Å². The summed E-state index contributed by atoms with van der Waals surface area (Å²) < 4.78 is 11.4. The number of benzene rings is 2. The predicted molar refractivity (Wildman–Crippen MR) is 156 cm³/mol. The second-order valence-electron chi connectivity index (χ2n) is 10.5. The highest BCUT2D eigenvalue weighted by molar-refractivity contribution is 5.89. The van der Waals surface area contributed by atoms with Crippen molar-refractivity contribution in [3.8, 4) is 5.75 Å². The molecule has 1 saturated carbocycles. The Labute approximate surface area is 238 Å². The van der Waals surface area contributed by atoms with Crippen LogP contribution in [0.25, 0.3) is 0 Å². The zero-order valence-electron chi connectivity index (χ0n) is 23.6. The molecule has 0 aliphatic heterocycles. The van der Waals surface area contributed by atoms with Gasteiger partial charge in [-0.05, 0) is 67.6 Å². The maximum Gasteiger partial charge on any atom is 0.319 e. The second-order valence-corrected chi connectivity index (χ2v) is 10.5. The highest BCUT2D eigenvalue weighted by Gasteiger charge is 2.15. The third kappa shape index (κ3) is 12.2. The molecule has 0 heterocycles. The van der Waals surface area contributed by atoms with Crippen molar-refractivity contribution >= 4 is 11.7 Å². The van der Waals surface area contributed by atoms with Crippen molar-refractivity contribution in [2.75, 3.05) is 38.2 Å². The number of hydrogen-bond donors (Lipinski definition) is 6. The molecule has 9 heteroatoms. The van der Waals surface area contributed by atoms with Gasteiger partial charge in [-0.25, -0.2) is 4.79 Å². The smallest absolute Gasteiger partial charge is 0.319 e. The normalized spacial score (nSPS) is 14.7. The van der Waals surface area contributed by atoms with E-state index in [4.69, 9.17) is 9.47 Å². The lowest BCUT2D eigenvalue weighted by molar-refractivity contribution is 0.0393. The summed E-state index contributed by atoms with van der Waals surface area (Å²) in [6.07, 6.45) is 9.25. The van der Waals surface area contributed by atoms with Gasteiger partial charge in [0.05, 0.1) is 32.5 Å². The molecule has 9 nitrogen and oxygen atoms in total. The van der Waals surface area contributed by atoms with E-state index in [-0.39, 0.29) is 24.4 Å². The Morgan fingerprint density at radius 3 is 2.58 bits per heavy atom. The summed E-state index contributed by atoms with van der Waals surface area (Å²) in [6.45, 7) is 3.24. The summed E-state index contributed by atoms with van der Waals surface area (Å²) in [7, 11) is 0. The average molecular weight is 558 g/mol. The number of aromatic hydroxyl groups is 1. The van der Waals surface area contributed by atoms with E-state index in [1.54, 1.807) is 12.1 Å². The van der Waals surface area contributed by atoms with Crippen molar-refractivity contribution in [1.29, 1.82) is 0 Å². The first-order chi connectivity index (χ1) is 19.5. The van der Waals surface area contributed by atoms with Gasteiger partial charge in [-0.1, -0.05) is 50.3 Å². The number of amides is 2. The van der Waals surface area contributed by atoms with Crippen molar-refractivity contribution in [3.63, 3.8) is 0 Å². The number of nitrogens with one attached hydrogen (secondary N) is 3. The summed E-state index contributed by atoms with van der Waals surface area (Å²) in [6, 6.07) is 12.7. The number of urea groups is 1. The summed E-state index contributed by atoms with van der Waals surface area (Å²) >= 11 is 0. The molecule has 1 aliphatic carbocycles. The Balaban J connectivity index is 1.14. The molecule has 1 atom stereocenters. The number of anilines is 1. The Kier molecular flexibility index (Phi) is 14.8. The molecule has 2 aromatic carbocycles. The lowest BCUT2D eigenvalue weighted by Crippen LogP contribution is -2.39. The molecular weight excluding hydrogens is 510 g/mol. The Bertz CT molecular complexity index is 999. The summed E-state index contributed by atoms with van der Waals surface area (Å²) in [4.78, 5) is 12.3. The standard InChI is InChI=1S/C31H47N3O6/c35-22-26-20-25(13-14-29(26)36)30(37)21-32-15-6-1-2-7-16-39-17-18-40-23-24-9-8-12-28(19-24)34-31(38)33-27-10-4-3-5-11-27/h8-9,12-14,19-20,27,30,32,35-37H,1-7,10-11,15-18,21-23H2,(H2,33,34,38)/t30-/m0/s1. The highest BCUT2D eigenvalue weighted by Crippen LogP contribution is 2.22. The van der Waals surface area contributed by atoms with Crippen LogP contribution in [0.1, 0.15) is 80.6 Å². The quantitative estimate of drug-likeness (QED) is 0.146. The average Bonchev–Trinajstić information content (AvgIpc) is 2.96. The molecule has 2 aromatic rings. The first-order valence-electron chi connectivity index (χ1n) is 14.7. The highest BCUT2D eigenvalue weighted by atomic mass is 16.5. The van der Waals surface area contributed by atoms with E-state index >= 15 is 0 Å². The summed E-state index contributed by atoms with van der Waals surface area (Å²) in [5, 5.41) is 38.4. The van der Waals surface area contributed by atoms with Gasteiger partial charge in [-0.2, -0.15) is 0 Å². The molecule has 0 bridgehead atoms. The molecule has 40 heavy (non-hydrogen) atoms. The predicted octanol–water partition coefficient (Wildman–Crippen LogP) is 4.76. The zero-order valence-corrected chi connectivity index (χ0v) is 23.6. The fraction of sp³-hybridized carbons (Fsp3) is 0.581. The van der Waals surface area contributed by atoms with Crippen LogP contribution in [-0.2, 0) is 22.7 Å². The van der Waals surface area contributed by atoms with Gasteiger partial charge >= 0.3 is 6.03 Å². The fourth-order valence-corrected chi connectivity index (χ4v) is 4.85. The van der Waals surface area contributed by atoms with Crippen LogP contribution < -0.4 is 16.0 Å². The van der Waals surface area contributed by atoms with E-state index in [9.17, 15) is 20.1 Å². The van der Waals surface area contributed by atoms with Gasteiger partial charge in [-0.15, -0.1) is 0 Å². The fourth-order valence-electron chi connectivity index (χ4n) is 4.85. The molecule has 0 aromatic heterocycles. The van der Waals surface area contributed by atoms with Crippen molar-refractivity contribution < 1.29 is 29.6 Å². The van der Waals surface area contributed by atoms with Gasteiger partial charge in [0.25, 0.3) is 0 Å². The Morgan fingerprint density at radius 2 is 1.75 bits per heavy atom. The van der Waals surface area contributed by atoms with E-state index in [1.807, 2.05) is 24.3 Å². The van der Waals surface area contributed by atoms with E-state index in [0.717, 1.165) is 56.3 Å². The van der Waals surface area contributed by atoms with Crippen molar-refractivity contribution in [2.24, 2.45) is 0 Å². The number of hydrogen-bond acceptors (Lipinski definition) is 7. The number of rotatable bonds is 18. The summed E-state index contributed by atoms with van der Waals surface area (Å²) in [5.74, 6) is 0.0364. The summed E-state index contributed by atoms with van der Waals surface area (Å²) in [5.41, 5.74) is 2.87. The number of unbranched alkanes of at least 4 members (excludes halogenated alkanes) is 3. The van der Waals surface area contributed by atoms with Crippen LogP contribution in [0.5, 0.6) is 5.75 Å². The number of aliphatic hydroxyl groups excluding tert-OH is 2. The number of carbonyl (C=O) groups is 1. The third-order valence-electron chi connectivity index (χ3n) is 7.15. The topological polar surface area (TPSA) is 132 Å². The van der Waals surface area contributed by atoms with E-state index in [1.165, 1.54) is 25.3 Å². The third-order valence-corrected chi connectivity index (χ3v) is 7.15. The first kappa shape index (κ1) is 31.8. The lowest BCUT2D eigenvalue weighted by atomic mass is 9.96. The molecule has 0 unspecified atom stereocenters. The molecule has 0 radical (unpaired) electrons. The molecule has 1 fully saturated rings. The van der Waals surface area contributed by atoms with E-state index < -0.39 is 6.10 Å². The van der Waals surface area contributed by atoms with Gasteiger partial charge < -0.3 is 40.7 Å². The maximum absolute atomic E-state index is 12.3. The van der Waals surface area contributed by atoms with E-state index in [0.29, 0.717) is 44.1 Å². The maximum atomic E-state index is 12.3. The Morgan fingerprint density at radius 1 is 0.950 bits per heavy atom. The number of phenols is 1. The van der Waals surface area contributed by atoms with Gasteiger partial charge in [0.1, 0.15) is 5.75 Å².